The summed E-state index contributed by atoms with van der Waals surface area (Å²) in [5, 5.41) is 1.54. The zero-order valence-electron chi connectivity index (χ0n) is 7.97. The molecule has 0 N–H and O–H groups in total. The lowest BCUT2D eigenvalue weighted by Crippen LogP contribution is -1.77. The molecule has 0 bridgehead atoms. The highest BCUT2D eigenvalue weighted by Gasteiger charge is 2.05. The fourth-order valence-electron chi connectivity index (χ4n) is 1.58. The summed E-state index contributed by atoms with van der Waals surface area (Å²) in [6.45, 7) is 6.27. The second-order valence-corrected chi connectivity index (χ2v) is 5.97. The third-order valence-corrected chi connectivity index (χ3v) is 5.01. The van der Waals surface area contributed by atoms with Crippen molar-refractivity contribution in [2.24, 2.45) is 0 Å². The van der Waals surface area contributed by atoms with Gasteiger partial charge in [-0.25, -0.2) is 0 Å². The van der Waals surface area contributed by atoms with Crippen LogP contribution in [-0.2, 0) is 0 Å². The van der Waals surface area contributed by atoms with Gasteiger partial charge in [0.25, 0.3) is 0 Å². The molecule has 12 heavy (non-hydrogen) atoms. The van der Waals surface area contributed by atoms with E-state index in [0.717, 1.165) is 0 Å². The molecule has 1 unspecified atom stereocenters. The minimum Gasteiger partial charge on any atom is -0.0956 e. The summed E-state index contributed by atoms with van der Waals surface area (Å²) < 4.78 is 0. The van der Waals surface area contributed by atoms with Gasteiger partial charge in [-0.1, -0.05) is 43.8 Å². The van der Waals surface area contributed by atoms with E-state index in [2.05, 4.69) is 31.5 Å². The lowest BCUT2D eigenvalue weighted by atomic mass is 10.2. The van der Waals surface area contributed by atoms with Gasteiger partial charge in [0.05, 0.1) is 0 Å². The Kier molecular flexibility index (Phi) is 4.46. The molecule has 1 saturated heterocycles. The average Bonchev–Trinajstić information content (AvgIpc) is 2.27. The molecule has 0 aliphatic carbocycles. The first-order valence-corrected chi connectivity index (χ1v) is 6.63. The van der Waals surface area contributed by atoms with Crippen molar-refractivity contribution in [1.82, 2.24) is 0 Å². The smallest absolute Gasteiger partial charge is 0.0283 e. The number of hydrogen-bond donors (Lipinski definition) is 0. The average molecular weight is 182 g/mol. The van der Waals surface area contributed by atoms with Crippen LogP contribution in [0.1, 0.15) is 32.6 Å². The molecule has 0 aromatic heterocycles. The Balaban J connectivity index is 2.65. The van der Waals surface area contributed by atoms with Crippen molar-refractivity contribution < 1.29 is 0 Å². The van der Waals surface area contributed by atoms with E-state index in [4.69, 9.17) is 0 Å². The van der Waals surface area contributed by atoms with Crippen LogP contribution in [0.4, 0.5) is 0 Å². The van der Waals surface area contributed by atoms with E-state index in [0.29, 0.717) is 0 Å². The van der Waals surface area contributed by atoms with Gasteiger partial charge < -0.3 is 0 Å². The molecule has 0 spiro atoms. The lowest BCUT2D eigenvalue weighted by molar-refractivity contribution is 0.743. The minimum atomic E-state index is -0.331. The molecule has 1 aliphatic rings. The summed E-state index contributed by atoms with van der Waals surface area (Å²) in [4.78, 5) is 0. The van der Waals surface area contributed by atoms with Crippen molar-refractivity contribution in [3.63, 3.8) is 0 Å². The molecule has 1 heterocycles. The first-order valence-electron chi connectivity index (χ1n) is 4.84. The Bertz CT molecular complexity index is 211. The van der Waals surface area contributed by atoms with Crippen molar-refractivity contribution in [2.75, 3.05) is 6.16 Å². The predicted octanol–water partition coefficient (Wildman–Crippen LogP) is 3.67. The maximum Gasteiger partial charge on any atom is -0.0283 e. The van der Waals surface area contributed by atoms with E-state index in [1.54, 1.807) is 0 Å². The van der Waals surface area contributed by atoms with Crippen LogP contribution < -0.4 is 0 Å². The summed E-state index contributed by atoms with van der Waals surface area (Å²) in [7, 11) is -0.331. The lowest BCUT2D eigenvalue weighted by Gasteiger charge is -2.05. The van der Waals surface area contributed by atoms with Crippen LogP contribution in [-0.4, -0.2) is 12.0 Å². The van der Waals surface area contributed by atoms with E-state index in [1.165, 1.54) is 37.2 Å². The van der Waals surface area contributed by atoms with Gasteiger partial charge in [-0.15, -0.1) is 0 Å². The van der Waals surface area contributed by atoms with Crippen molar-refractivity contribution >= 4 is 13.3 Å². The molecule has 0 saturated carbocycles. The molecule has 1 fully saturated rings. The molecule has 1 atom stereocenters. The molecule has 0 amide bonds. The second kappa shape index (κ2) is 5.43. The number of rotatable bonds is 1. The molecule has 0 nitrogen and oxygen atoms in total. The van der Waals surface area contributed by atoms with Crippen molar-refractivity contribution in [1.29, 1.82) is 0 Å². The Hall–Kier alpha value is -0.220. The van der Waals surface area contributed by atoms with Gasteiger partial charge in [0.2, 0.25) is 0 Å². The van der Waals surface area contributed by atoms with Crippen LogP contribution in [0.3, 0.4) is 0 Å². The maximum atomic E-state index is 4.19. The molecule has 1 heteroatoms. The predicted molar refractivity (Wildman–Crippen MR) is 61.7 cm³/mol. The molecular formula is C11H19P. The zero-order valence-corrected chi connectivity index (χ0v) is 8.97. The summed E-state index contributed by atoms with van der Waals surface area (Å²) in [5.74, 6) is 2.40. The number of allylic oxidation sites excluding steroid dienone is 3. The van der Waals surface area contributed by atoms with Gasteiger partial charge >= 0.3 is 0 Å². The Morgan fingerprint density at radius 1 is 1.33 bits per heavy atom. The maximum absolute atomic E-state index is 4.19. The van der Waals surface area contributed by atoms with Crippen LogP contribution in [0.25, 0.3) is 0 Å². The van der Waals surface area contributed by atoms with Crippen molar-refractivity contribution in [3.05, 3.63) is 24.0 Å². The minimum absolute atomic E-state index is 0.331. The summed E-state index contributed by atoms with van der Waals surface area (Å²) >= 11 is 0. The molecule has 0 aromatic carbocycles. The third-order valence-electron chi connectivity index (χ3n) is 2.37. The monoisotopic (exact) mass is 182 g/mol. The second-order valence-electron chi connectivity index (χ2n) is 3.38. The van der Waals surface area contributed by atoms with Crippen LogP contribution >= 0.6 is 7.55 Å². The van der Waals surface area contributed by atoms with Gasteiger partial charge in [0.1, 0.15) is 0 Å². The Morgan fingerprint density at radius 2 is 2.17 bits per heavy atom. The first-order chi connectivity index (χ1) is 5.84. The van der Waals surface area contributed by atoms with Crippen LogP contribution in [0.15, 0.2) is 24.0 Å². The van der Waals surface area contributed by atoms with E-state index in [-0.39, 0.29) is 7.55 Å². The molecule has 0 aromatic rings. The Labute approximate surface area is 76.8 Å². The largest absolute Gasteiger partial charge is 0.0956 e. The van der Waals surface area contributed by atoms with Gasteiger partial charge in [0.15, 0.2) is 0 Å². The van der Waals surface area contributed by atoms with E-state index in [9.17, 15) is 0 Å². The quantitative estimate of drug-likeness (QED) is 0.543. The molecule has 1 aliphatic heterocycles. The molecule has 1 rings (SSSR count). The van der Waals surface area contributed by atoms with Crippen molar-refractivity contribution in [3.8, 4) is 0 Å². The molecular weight excluding hydrogens is 163 g/mol. The van der Waals surface area contributed by atoms with Gasteiger partial charge in [-0.2, -0.15) is 0 Å². The van der Waals surface area contributed by atoms with Crippen LogP contribution in [0.5, 0.6) is 0 Å². The summed E-state index contributed by atoms with van der Waals surface area (Å²) in [5.41, 5.74) is 0. The standard InChI is InChI=1S/C11H19P/c1-3-4-9-12-10-7-5-6-8-11(12)2/h3-4,9,12H,2,5-8,10H2,1H3/b4-3-. The SMILES string of the molecule is C=C1CCCCC/[PH]1=C/C=C\C. The van der Waals surface area contributed by atoms with E-state index >= 15 is 0 Å². The van der Waals surface area contributed by atoms with E-state index in [1.807, 2.05) is 0 Å². The summed E-state index contributed by atoms with van der Waals surface area (Å²) in [6.07, 6.45) is 11.2. The fourth-order valence-corrected chi connectivity index (χ4v) is 3.89. The fraction of sp³-hybridized carbons (Fsp3) is 0.545. The van der Waals surface area contributed by atoms with Gasteiger partial charge in [-0.3, -0.25) is 0 Å². The van der Waals surface area contributed by atoms with Crippen LogP contribution in [0, 0.1) is 0 Å². The molecule has 0 radical (unpaired) electrons. The first kappa shape index (κ1) is 9.86. The topological polar surface area (TPSA) is 0 Å². The number of hydrogen-bond acceptors (Lipinski definition) is 0. The molecule has 68 valence electrons. The highest BCUT2D eigenvalue weighted by molar-refractivity contribution is 7.61. The third kappa shape index (κ3) is 3.03. The van der Waals surface area contributed by atoms with Crippen LogP contribution in [0.2, 0.25) is 0 Å². The van der Waals surface area contributed by atoms with Crippen molar-refractivity contribution in [2.45, 2.75) is 32.6 Å². The highest BCUT2D eigenvalue weighted by atomic mass is 31.1. The zero-order chi connectivity index (χ0) is 8.81. The van der Waals surface area contributed by atoms with E-state index < -0.39 is 0 Å². The summed E-state index contributed by atoms with van der Waals surface area (Å²) in [6, 6.07) is 0. The Morgan fingerprint density at radius 3 is 2.92 bits per heavy atom. The highest BCUT2D eigenvalue weighted by Crippen LogP contribution is 2.39. The van der Waals surface area contributed by atoms with Gasteiger partial charge in [0, 0.05) is 0 Å². The normalized spacial score (nSPS) is 26.4. The van der Waals surface area contributed by atoms with Gasteiger partial charge in [-0.05, 0) is 32.3 Å².